The quantitative estimate of drug-likeness (QED) is 0.670. The van der Waals surface area contributed by atoms with Crippen LogP contribution in [0, 0.1) is 5.82 Å². The van der Waals surface area contributed by atoms with Gasteiger partial charge in [-0.2, -0.15) is 0 Å². The third-order valence-electron chi connectivity index (χ3n) is 6.64. The van der Waals surface area contributed by atoms with Crippen LogP contribution in [0.2, 0.25) is 0 Å². The zero-order valence-corrected chi connectivity index (χ0v) is 20.2. The van der Waals surface area contributed by atoms with Crippen LogP contribution in [0.1, 0.15) is 23.1 Å². The number of fused-ring (bicyclic) bond motifs is 1. The van der Waals surface area contributed by atoms with Gasteiger partial charge in [-0.1, -0.05) is 42.5 Å². The van der Waals surface area contributed by atoms with Crippen LogP contribution in [0.15, 0.2) is 48.5 Å². The molecule has 0 saturated carbocycles. The van der Waals surface area contributed by atoms with Crippen LogP contribution in [0.25, 0.3) is 0 Å². The van der Waals surface area contributed by atoms with Gasteiger partial charge in [-0.25, -0.2) is 12.9 Å². The summed E-state index contributed by atoms with van der Waals surface area (Å²) in [5, 5.41) is 0. The molecule has 7 nitrogen and oxygen atoms in total. The number of hydrogen-bond acceptors (Lipinski definition) is 4. The van der Waals surface area contributed by atoms with Gasteiger partial charge in [0.05, 0.1) is 11.0 Å². The van der Waals surface area contributed by atoms with Crippen LogP contribution in [-0.4, -0.2) is 74.6 Å². The topological polar surface area (TPSA) is 87.0 Å². The minimum atomic E-state index is -1.06. The van der Waals surface area contributed by atoms with E-state index < -0.39 is 23.1 Å². The van der Waals surface area contributed by atoms with Crippen molar-refractivity contribution in [2.24, 2.45) is 5.73 Å². The van der Waals surface area contributed by atoms with Crippen molar-refractivity contribution in [1.82, 2.24) is 14.1 Å². The van der Waals surface area contributed by atoms with Gasteiger partial charge < -0.3 is 15.5 Å². The maximum Gasteiger partial charge on any atom is 0.245 e. The lowest BCUT2D eigenvalue weighted by molar-refractivity contribution is -0.148. The molecule has 1 saturated heterocycles. The summed E-state index contributed by atoms with van der Waals surface area (Å²) in [7, 11) is -1.06. The molecule has 0 aromatic heterocycles. The predicted octanol–water partition coefficient (Wildman–Crippen LogP) is 1.48. The molecular weight excluding hydrogens is 455 g/mol. The molecule has 3 atom stereocenters. The summed E-state index contributed by atoms with van der Waals surface area (Å²) >= 11 is 0. The van der Waals surface area contributed by atoms with Crippen LogP contribution in [0.5, 0.6) is 0 Å². The summed E-state index contributed by atoms with van der Waals surface area (Å²) in [6.45, 7) is 2.38. The van der Waals surface area contributed by atoms with E-state index in [1.807, 2.05) is 28.6 Å². The molecule has 2 aromatic carbocycles. The highest BCUT2D eigenvalue weighted by atomic mass is 32.2. The molecule has 34 heavy (non-hydrogen) atoms. The van der Waals surface area contributed by atoms with E-state index in [4.69, 9.17) is 5.73 Å². The van der Waals surface area contributed by atoms with E-state index >= 15 is 0 Å². The largest absolute Gasteiger partial charge is 0.338 e. The fourth-order valence-corrected chi connectivity index (χ4v) is 5.42. The molecule has 2 aromatic rings. The summed E-state index contributed by atoms with van der Waals surface area (Å²) in [5.74, 6) is -0.630. The van der Waals surface area contributed by atoms with Crippen LogP contribution < -0.4 is 5.73 Å². The second-order valence-corrected chi connectivity index (χ2v) is 10.3. The second-order valence-electron chi connectivity index (χ2n) is 8.95. The lowest BCUT2D eigenvalue weighted by Crippen LogP contribution is -2.58. The van der Waals surface area contributed by atoms with Crippen molar-refractivity contribution in [3.63, 3.8) is 0 Å². The van der Waals surface area contributed by atoms with Gasteiger partial charge in [0.2, 0.25) is 11.8 Å². The Kier molecular flexibility index (Phi) is 7.75. The van der Waals surface area contributed by atoms with E-state index in [-0.39, 0.29) is 30.5 Å². The molecule has 2 unspecified atom stereocenters. The summed E-state index contributed by atoms with van der Waals surface area (Å²) in [6, 6.07) is 13.1. The predicted molar refractivity (Wildman–Crippen MR) is 129 cm³/mol. The Bertz CT molecular complexity index is 1070. The highest BCUT2D eigenvalue weighted by Gasteiger charge is 2.38. The minimum absolute atomic E-state index is 0.0306. The standard InChI is InChI=1S/C25H31FN4O3S/c1-34(33)29-12-10-28(11-13-29)25(32)23-15-18-6-2-3-8-20(18)17-30(23)24(31)16-21(27)14-19-7-4-5-9-22(19)26/h2-9,21,23H,10-17,27H2,1H3/t21?,23-,34?/m0/s1. The van der Waals surface area contributed by atoms with E-state index in [2.05, 4.69) is 0 Å². The van der Waals surface area contributed by atoms with E-state index in [1.54, 1.807) is 34.3 Å². The number of nitrogens with zero attached hydrogens (tertiary/aromatic N) is 3. The first-order valence-electron chi connectivity index (χ1n) is 11.6. The van der Waals surface area contributed by atoms with Crippen molar-refractivity contribution >= 4 is 22.8 Å². The van der Waals surface area contributed by atoms with E-state index in [0.29, 0.717) is 44.7 Å². The Balaban J connectivity index is 1.48. The van der Waals surface area contributed by atoms with E-state index in [1.165, 1.54) is 6.07 Å². The third kappa shape index (κ3) is 5.54. The van der Waals surface area contributed by atoms with Crippen LogP contribution in [-0.2, 0) is 40.0 Å². The van der Waals surface area contributed by atoms with Crippen molar-refractivity contribution in [2.45, 2.75) is 37.9 Å². The molecule has 0 spiro atoms. The number of rotatable bonds is 6. The van der Waals surface area contributed by atoms with Gasteiger partial charge in [0.15, 0.2) is 0 Å². The molecule has 0 bridgehead atoms. The normalized spacial score (nSPS) is 20.5. The minimum Gasteiger partial charge on any atom is -0.338 e. The number of piperazine rings is 1. The number of benzene rings is 2. The summed E-state index contributed by atoms with van der Waals surface area (Å²) in [4.78, 5) is 30.3. The number of hydrogen-bond donors (Lipinski definition) is 1. The number of carbonyl (C=O) groups excluding carboxylic acids is 2. The fourth-order valence-electron chi connectivity index (χ4n) is 4.74. The van der Waals surface area contributed by atoms with Gasteiger partial charge in [0.1, 0.15) is 11.9 Å². The van der Waals surface area contributed by atoms with E-state index in [9.17, 15) is 18.2 Å². The first-order chi connectivity index (χ1) is 16.3. The molecule has 2 aliphatic rings. The Morgan fingerprint density at radius 1 is 1.06 bits per heavy atom. The first-order valence-corrected chi connectivity index (χ1v) is 13.1. The lowest BCUT2D eigenvalue weighted by atomic mass is 9.92. The van der Waals surface area contributed by atoms with E-state index in [0.717, 1.165) is 11.1 Å². The Morgan fingerprint density at radius 3 is 2.38 bits per heavy atom. The fraction of sp³-hybridized carbons (Fsp3) is 0.440. The monoisotopic (exact) mass is 486 g/mol. The molecule has 0 radical (unpaired) electrons. The number of amides is 2. The zero-order chi connectivity index (χ0) is 24.2. The molecule has 0 aliphatic carbocycles. The lowest BCUT2D eigenvalue weighted by Gasteiger charge is -2.41. The maximum atomic E-state index is 14.0. The second kappa shape index (κ2) is 10.8. The Morgan fingerprint density at radius 2 is 1.71 bits per heavy atom. The SMILES string of the molecule is CS(=O)N1CCN(C(=O)[C@@H]2Cc3ccccc3CN2C(=O)CC(N)Cc2ccccc2F)CC1. The van der Waals surface area contributed by atoms with Gasteiger partial charge in [0.25, 0.3) is 0 Å². The van der Waals surface area contributed by atoms with Gasteiger partial charge in [-0.3, -0.25) is 9.59 Å². The highest BCUT2D eigenvalue weighted by Crippen LogP contribution is 2.26. The van der Waals surface area contributed by atoms with Crippen molar-refractivity contribution in [1.29, 1.82) is 0 Å². The average molecular weight is 487 g/mol. The van der Waals surface area contributed by atoms with Crippen molar-refractivity contribution in [3.8, 4) is 0 Å². The molecular formula is C25H31FN4O3S. The third-order valence-corrected chi connectivity index (χ3v) is 7.74. The molecule has 2 aliphatic heterocycles. The zero-order valence-electron chi connectivity index (χ0n) is 19.4. The van der Waals surface area contributed by atoms with Gasteiger partial charge in [-0.15, -0.1) is 0 Å². The van der Waals surface area contributed by atoms with Gasteiger partial charge in [-0.05, 0) is 29.2 Å². The summed E-state index contributed by atoms with van der Waals surface area (Å²) < 4.78 is 27.6. The summed E-state index contributed by atoms with van der Waals surface area (Å²) in [6.07, 6.45) is 2.37. The van der Waals surface area contributed by atoms with Crippen LogP contribution in [0.4, 0.5) is 4.39 Å². The Labute approximate surface area is 202 Å². The molecule has 2 heterocycles. The van der Waals surface area contributed by atoms with Crippen LogP contribution in [0.3, 0.4) is 0 Å². The molecule has 9 heteroatoms. The molecule has 4 rings (SSSR count). The Hall–Kier alpha value is -2.62. The van der Waals surface area contributed by atoms with Crippen molar-refractivity contribution < 1.29 is 18.2 Å². The van der Waals surface area contributed by atoms with Crippen LogP contribution >= 0.6 is 0 Å². The van der Waals surface area contributed by atoms with Gasteiger partial charge >= 0.3 is 0 Å². The summed E-state index contributed by atoms with van der Waals surface area (Å²) in [5.41, 5.74) is 8.80. The molecule has 2 amide bonds. The number of halogens is 1. The highest BCUT2D eigenvalue weighted by molar-refractivity contribution is 7.81. The molecule has 2 N–H and O–H groups in total. The van der Waals surface area contributed by atoms with Crippen molar-refractivity contribution in [3.05, 3.63) is 71.0 Å². The smallest absolute Gasteiger partial charge is 0.245 e. The maximum absolute atomic E-state index is 14.0. The molecule has 1 fully saturated rings. The first kappa shape index (κ1) is 24.5. The van der Waals surface area contributed by atoms with Crippen molar-refractivity contribution in [2.75, 3.05) is 32.4 Å². The average Bonchev–Trinajstić information content (AvgIpc) is 2.84. The number of nitrogens with two attached hydrogens (primary N) is 1. The van der Waals surface area contributed by atoms with Gasteiger partial charge in [0, 0.05) is 57.9 Å². The number of carbonyl (C=O) groups is 2. The molecule has 182 valence electrons.